The fraction of sp³-hybridized carbons (Fsp3) is 0.381. The first-order valence-corrected chi connectivity index (χ1v) is 9.79. The van der Waals surface area contributed by atoms with Gasteiger partial charge in [-0.25, -0.2) is 0 Å². The third kappa shape index (κ3) is 4.17. The van der Waals surface area contributed by atoms with Crippen molar-refractivity contribution in [3.8, 4) is 5.75 Å². The van der Waals surface area contributed by atoms with E-state index in [2.05, 4.69) is 63.3 Å². The van der Waals surface area contributed by atoms with Crippen molar-refractivity contribution in [2.24, 2.45) is 0 Å². The van der Waals surface area contributed by atoms with Gasteiger partial charge in [0.2, 0.25) is 0 Å². The highest BCUT2D eigenvalue weighted by Crippen LogP contribution is 2.34. The van der Waals surface area contributed by atoms with Crippen LogP contribution in [0.3, 0.4) is 0 Å². The van der Waals surface area contributed by atoms with Crippen molar-refractivity contribution in [2.75, 3.05) is 19.6 Å². The first kappa shape index (κ1) is 19.1. The average molecular weight is 416 g/mol. The van der Waals surface area contributed by atoms with Gasteiger partial charge in [0.25, 0.3) is 0 Å². The first-order valence-electron chi connectivity index (χ1n) is 8.99. The highest BCUT2D eigenvalue weighted by Gasteiger charge is 2.34. The number of nitrogens with zero attached hydrogens (tertiary/aromatic N) is 3. The Morgan fingerprint density at radius 2 is 2.04 bits per heavy atom. The van der Waals surface area contributed by atoms with Crippen LogP contribution in [0.2, 0.25) is 0 Å². The number of hydrogen-bond donors (Lipinski definition) is 1. The lowest BCUT2D eigenvalue weighted by molar-refractivity contribution is 0.0305. The highest BCUT2D eigenvalue weighted by atomic mass is 79.9. The summed E-state index contributed by atoms with van der Waals surface area (Å²) >= 11 is 3.55. The van der Waals surface area contributed by atoms with Gasteiger partial charge in [-0.1, -0.05) is 18.2 Å². The minimum atomic E-state index is 0.0513. The van der Waals surface area contributed by atoms with Gasteiger partial charge in [0.05, 0.1) is 6.04 Å². The Kier molecular flexibility index (Phi) is 6.12. The molecule has 2 heterocycles. The van der Waals surface area contributed by atoms with Crippen LogP contribution in [-0.4, -0.2) is 51.6 Å². The van der Waals surface area contributed by atoms with Crippen LogP contribution >= 0.6 is 15.9 Å². The number of aromatic hydroxyl groups is 1. The molecule has 1 N–H and O–H groups in total. The van der Waals surface area contributed by atoms with E-state index in [-0.39, 0.29) is 6.04 Å². The van der Waals surface area contributed by atoms with Gasteiger partial charge in [0, 0.05) is 48.6 Å². The van der Waals surface area contributed by atoms with Crippen molar-refractivity contribution in [3.05, 3.63) is 71.0 Å². The van der Waals surface area contributed by atoms with Gasteiger partial charge >= 0.3 is 0 Å². The van der Waals surface area contributed by atoms with E-state index in [1.165, 1.54) is 0 Å². The highest BCUT2D eigenvalue weighted by molar-refractivity contribution is 9.10. The summed E-state index contributed by atoms with van der Waals surface area (Å²) in [5, 5.41) is 10.0. The molecule has 0 bridgehead atoms. The Morgan fingerprint density at radius 3 is 2.73 bits per heavy atom. The summed E-state index contributed by atoms with van der Waals surface area (Å²) in [6, 6.07) is 10.5. The van der Waals surface area contributed by atoms with E-state index in [1.807, 2.05) is 24.4 Å². The fourth-order valence-corrected chi connectivity index (χ4v) is 4.24. The summed E-state index contributed by atoms with van der Waals surface area (Å²) in [7, 11) is 0. The van der Waals surface area contributed by atoms with Gasteiger partial charge in [-0.15, -0.1) is 6.58 Å². The summed E-state index contributed by atoms with van der Waals surface area (Å²) in [6.45, 7) is 11.3. The van der Waals surface area contributed by atoms with Gasteiger partial charge in [0.1, 0.15) is 5.75 Å². The van der Waals surface area contributed by atoms with Gasteiger partial charge < -0.3 is 5.11 Å². The minimum Gasteiger partial charge on any atom is -0.508 e. The normalized spacial score (nSPS) is 22.9. The SMILES string of the molecule is C=CCN1C[C@@H](C)N([C@H](c2cccc(O)c2)c2cncc(Br)c2)C[C@@H]1C. The van der Waals surface area contributed by atoms with Gasteiger partial charge in [-0.2, -0.15) is 0 Å². The molecule has 1 aromatic carbocycles. The summed E-state index contributed by atoms with van der Waals surface area (Å²) in [6.07, 6.45) is 5.70. The molecule has 1 aliphatic heterocycles. The van der Waals surface area contributed by atoms with Crippen LogP contribution < -0.4 is 0 Å². The molecule has 0 unspecified atom stereocenters. The molecule has 0 saturated carbocycles. The Balaban J connectivity index is 1.99. The second-order valence-corrected chi connectivity index (χ2v) is 7.99. The summed E-state index contributed by atoms with van der Waals surface area (Å²) in [5.74, 6) is 0.293. The van der Waals surface area contributed by atoms with Crippen molar-refractivity contribution < 1.29 is 5.11 Å². The number of aromatic nitrogens is 1. The standard InChI is InChI=1S/C21H26BrN3O/c1-4-8-24-13-16(3)25(14-15(24)2)21(17-6-5-7-20(26)10-17)18-9-19(22)12-23-11-18/h4-7,9-12,15-16,21,26H,1,8,13-14H2,2-3H3/t15-,16+,21+/m0/s1. The predicted octanol–water partition coefficient (Wildman–Crippen LogP) is 4.22. The quantitative estimate of drug-likeness (QED) is 0.741. The Hall–Kier alpha value is -1.69. The van der Waals surface area contributed by atoms with E-state index in [0.717, 1.165) is 35.2 Å². The molecule has 3 atom stereocenters. The Morgan fingerprint density at radius 1 is 1.23 bits per heavy atom. The number of halogens is 1. The van der Waals surface area contributed by atoms with E-state index in [4.69, 9.17) is 0 Å². The molecule has 5 heteroatoms. The van der Waals surface area contributed by atoms with Crippen LogP contribution in [0.15, 0.2) is 59.9 Å². The summed E-state index contributed by atoms with van der Waals surface area (Å²) in [5.41, 5.74) is 2.21. The van der Waals surface area contributed by atoms with Crippen LogP contribution in [0.1, 0.15) is 31.0 Å². The largest absolute Gasteiger partial charge is 0.508 e. The van der Waals surface area contributed by atoms with Crippen molar-refractivity contribution in [1.82, 2.24) is 14.8 Å². The van der Waals surface area contributed by atoms with Crippen molar-refractivity contribution in [1.29, 1.82) is 0 Å². The third-order valence-electron chi connectivity index (χ3n) is 5.09. The smallest absolute Gasteiger partial charge is 0.115 e. The number of benzene rings is 1. The van der Waals surface area contributed by atoms with E-state index < -0.39 is 0 Å². The number of piperazine rings is 1. The first-order chi connectivity index (χ1) is 12.5. The van der Waals surface area contributed by atoms with Crippen LogP contribution in [-0.2, 0) is 0 Å². The number of rotatable bonds is 5. The maximum absolute atomic E-state index is 10.0. The van der Waals surface area contributed by atoms with Crippen molar-refractivity contribution in [2.45, 2.75) is 32.0 Å². The monoisotopic (exact) mass is 415 g/mol. The second kappa shape index (κ2) is 8.33. The summed E-state index contributed by atoms with van der Waals surface area (Å²) < 4.78 is 0.964. The van der Waals surface area contributed by atoms with Gasteiger partial charge in [-0.3, -0.25) is 14.8 Å². The van der Waals surface area contributed by atoms with Gasteiger partial charge in [-0.05, 0) is 59.1 Å². The van der Waals surface area contributed by atoms with Crippen LogP contribution in [0.25, 0.3) is 0 Å². The zero-order valence-electron chi connectivity index (χ0n) is 15.3. The number of phenols is 1. The Labute approximate surface area is 164 Å². The van der Waals surface area contributed by atoms with E-state index in [0.29, 0.717) is 17.8 Å². The lowest BCUT2D eigenvalue weighted by Gasteiger charge is -2.47. The molecule has 3 rings (SSSR count). The van der Waals surface area contributed by atoms with Crippen LogP contribution in [0.4, 0.5) is 0 Å². The topological polar surface area (TPSA) is 39.6 Å². The number of hydrogen-bond acceptors (Lipinski definition) is 4. The molecule has 0 aliphatic carbocycles. The molecule has 138 valence electrons. The molecule has 1 saturated heterocycles. The molecule has 0 radical (unpaired) electrons. The van der Waals surface area contributed by atoms with E-state index in [1.54, 1.807) is 12.3 Å². The lowest BCUT2D eigenvalue weighted by atomic mass is 9.94. The average Bonchev–Trinajstić information content (AvgIpc) is 2.60. The van der Waals surface area contributed by atoms with E-state index >= 15 is 0 Å². The lowest BCUT2D eigenvalue weighted by Crippen LogP contribution is -2.57. The van der Waals surface area contributed by atoms with Crippen LogP contribution in [0.5, 0.6) is 5.75 Å². The molecule has 0 spiro atoms. The molecular formula is C21H26BrN3O. The van der Waals surface area contributed by atoms with Gasteiger partial charge in [0.15, 0.2) is 0 Å². The maximum Gasteiger partial charge on any atom is 0.115 e. The number of phenolic OH excluding ortho intramolecular Hbond substituents is 1. The molecule has 0 amide bonds. The van der Waals surface area contributed by atoms with Crippen molar-refractivity contribution in [3.63, 3.8) is 0 Å². The molecule has 2 aromatic rings. The maximum atomic E-state index is 10.0. The van der Waals surface area contributed by atoms with Crippen LogP contribution in [0, 0.1) is 0 Å². The molecule has 26 heavy (non-hydrogen) atoms. The Bertz CT molecular complexity index is 721. The predicted molar refractivity (Wildman–Crippen MR) is 109 cm³/mol. The minimum absolute atomic E-state index is 0.0513. The van der Waals surface area contributed by atoms with E-state index in [9.17, 15) is 5.11 Å². The number of pyridine rings is 1. The fourth-order valence-electron chi connectivity index (χ4n) is 3.85. The zero-order chi connectivity index (χ0) is 18.7. The molecule has 1 aliphatic rings. The zero-order valence-corrected chi connectivity index (χ0v) is 16.9. The van der Waals surface area contributed by atoms with Crippen molar-refractivity contribution >= 4 is 15.9 Å². The molecule has 1 fully saturated rings. The summed E-state index contributed by atoms with van der Waals surface area (Å²) in [4.78, 5) is 9.36. The molecule has 1 aromatic heterocycles. The third-order valence-corrected chi connectivity index (χ3v) is 5.52. The molecular weight excluding hydrogens is 390 g/mol. The molecule has 4 nitrogen and oxygen atoms in total. The second-order valence-electron chi connectivity index (χ2n) is 7.07.